The normalized spacial score (nSPS) is 12.0. The van der Waals surface area contributed by atoms with Crippen molar-refractivity contribution in [1.29, 1.82) is 0 Å². The molecular weight excluding hydrogens is 318 g/mol. The number of esters is 1. The SMILES string of the molecule is C[C@H](OC(=O)c1ccc(N(C)C)cc1)c1nc2ccccc2c(=O)[nH]1. The molecule has 0 unspecified atom stereocenters. The van der Waals surface area contributed by atoms with E-state index in [-0.39, 0.29) is 5.56 Å². The first-order valence-corrected chi connectivity index (χ1v) is 7.93. The third kappa shape index (κ3) is 3.52. The van der Waals surface area contributed by atoms with Crippen LogP contribution in [-0.4, -0.2) is 30.0 Å². The van der Waals surface area contributed by atoms with Crippen molar-refractivity contribution in [3.8, 4) is 0 Å². The van der Waals surface area contributed by atoms with Crippen molar-refractivity contribution in [3.05, 3.63) is 70.3 Å². The van der Waals surface area contributed by atoms with Gasteiger partial charge in [0.2, 0.25) is 0 Å². The molecule has 0 saturated carbocycles. The maximum Gasteiger partial charge on any atom is 0.338 e. The lowest BCUT2D eigenvalue weighted by molar-refractivity contribution is 0.0320. The molecule has 3 rings (SSSR count). The van der Waals surface area contributed by atoms with Gasteiger partial charge in [-0.15, -0.1) is 0 Å². The molecule has 0 aliphatic carbocycles. The summed E-state index contributed by atoms with van der Waals surface area (Å²) in [6, 6.07) is 14.1. The number of rotatable bonds is 4. The third-order valence-electron chi connectivity index (χ3n) is 3.92. The number of para-hydroxylation sites is 1. The second-order valence-electron chi connectivity index (χ2n) is 5.96. The number of ether oxygens (including phenoxy) is 1. The van der Waals surface area contributed by atoms with E-state index in [1.807, 2.05) is 37.2 Å². The molecular formula is C19H19N3O3. The number of hydrogen-bond acceptors (Lipinski definition) is 5. The minimum Gasteiger partial charge on any atom is -0.451 e. The number of anilines is 1. The number of nitrogens with zero attached hydrogens (tertiary/aromatic N) is 2. The lowest BCUT2D eigenvalue weighted by Gasteiger charge is -2.15. The minimum absolute atomic E-state index is 0.251. The second-order valence-corrected chi connectivity index (χ2v) is 5.96. The van der Waals surface area contributed by atoms with Crippen molar-refractivity contribution >= 4 is 22.6 Å². The van der Waals surface area contributed by atoms with E-state index in [1.54, 1.807) is 37.3 Å². The molecule has 0 aliphatic rings. The van der Waals surface area contributed by atoms with E-state index < -0.39 is 12.1 Å². The maximum absolute atomic E-state index is 12.3. The first-order valence-electron chi connectivity index (χ1n) is 7.93. The summed E-state index contributed by atoms with van der Waals surface area (Å²) in [7, 11) is 3.86. The fourth-order valence-corrected chi connectivity index (χ4v) is 2.48. The van der Waals surface area contributed by atoms with E-state index in [1.165, 1.54) is 0 Å². The molecule has 2 aromatic carbocycles. The van der Waals surface area contributed by atoms with Crippen LogP contribution in [0, 0.1) is 0 Å². The molecule has 25 heavy (non-hydrogen) atoms. The first kappa shape index (κ1) is 16.7. The molecule has 128 valence electrons. The van der Waals surface area contributed by atoms with Crippen molar-refractivity contribution in [3.63, 3.8) is 0 Å². The second kappa shape index (κ2) is 6.76. The summed E-state index contributed by atoms with van der Waals surface area (Å²) in [5, 5.41) is 0.504. The molecule has 6 heteroatoms. The maximum atomic E-state index is 12.3. The monoisotopic (exact) mass is 337 g/mol. The van der Waals surface area contributed by atoms with Crippen molar-refractivity contribution < 1.29 is 9.53 Å². The van der Waals surface area contributed by atoms with Gasteiger partial charge in [0.05, 0.1) is 16.5 Å². The molecule has 1 N–H and O–H groups in total. The zero-order valence-corrected chi connectivity index (χ0v) is 14.3. The lowest BCUT2D eigenvalue weighted by Crippen LogP contribution is -2.17. The molecule has 0 saturated heterocycles. The lowest BCUT2D eigenvalue weighted by atomic mass is 10.2. The van der Waals surface area contributed by atoms with Gasteiger partial charge < -0.3 is 14.6 Å². The number of carbonyl (C=O) groups excluding carboxylic acids is 1. The molecule has 1 heterocycles. The van der Waals surface area contributed by atoms with Gasteiger partial charge in [-0.1, -0.05) is 12.1 Å². The van der Waals surface area contributed by atoms with E-state index >= 15 is 0 Å². The Morgan fingerprint density at radius 2 is 1.80 bits per heavy atom. The van der Waals surface area contributed by atoms with Gasteiger partial charge in [-0.05, 0) is 43.3 Å². The summed E-state index contributed by atoms with van der Waals surface area (Å²) >= 11 is 0. The third-order valence-corrected chi connectivity index (χ3v) is 3.92. The zero-order chi connectivity index (χ0) is 18.0. The Morgan fingerprint density at radius 3 is 2.48 bits per heavy atom. The number of benzene rings is 2. The van der Waals surface area contributed by atoms with Crippen LogP contribution in [0.15, 0.2) is 53.3 Å². The van der Waals surface area contributed by atoms with Gasteiger partial charge in [0.1, 0.15) is 0 Å². The Labute approximate surface area is 145 Å². The van der Waals surface area contributed by atoms with Crippen LogP contribution in [0.3, 0.4) is 0 Å². The van der Waals surface area contributed by atoms with E-state index in [2.05, 4.69) is 9.97 Å². The highest BCUT2D eigenvalue weighted by Gasteiger charge is 2.17. The number of aromatic amines is 1. The van der Waals surface area contributed by atoms with Gasteiger partial charge in [-0.3, -0.25) is 4.79 Å². The highest BCUT2D eigenvalue weighted by Crippen LogP contribution is 2.18. The molecule has 0 radical (unpaired) electrons. The van der Waals surface area contributed by atoms with Gasteiger partial charge in [0.25, 0.3) is 5.56 Å². The summed E-state index contributed by atoms with van der Waals surface area (Å²) in [5.74, 6) is -0.143. The van der Waals surface area contributed by atoms with Crippen LogP contribution < -0.4 is 10.5 Å². The average Bonchev–Trinajstić information content (AvgIpc) is 2.61. The first-order chi connectivity index (χ1) is 12.0. The fourth-order valence-electron chi connectivity index (χ4n) is 2.48. The largest absolute Gasteiger partial charge is 0.451 e. The van der Waals surface area contributed by atoms with Crippen LogP contribution in [0.25, 0.3) is 10.9 Å². The molecule has 1 atom stereocenters. The van der Waals surface area contributed by atoms with Crippen LogP contribution in [-0.2, 0) is 4.74 Å². The summed E-state index contributed by atoms with van der Waals surface area (Å²) in [6.07, 6.45) is -0.668. The Bertz CT molecular complexity index is 962. The standard InChI is InChI=1S/C19H19N3O3/c1-12(17-20-16-7-5-4-6-15(16)18(23)21-17)25-19(24)13-8-10-14(11-9-13)22(2)3/h4-12H,1-3H3,(H,20,21,23)/t12-/m0/s1. The van der Waals surface area contributed by atoms with Crippen molar-refractivity contribution in [2.75, 3.05) is 19.0 Å². The topological polar surface area (TPSA) is 75.3 Å². The van der Waals surface area contributed by atoms with E-state index in [4.69, 9.17) is 4.74 Å². The average molecular weight is 337 g/mol. The number of fused-ring (bicyclic) bond motifs is 1. The number of nitrogens with one attached hydrogen (secondary N) is 1. The Hall–Kier alpha value is -3.15. The van der Waals surface area contributed by atoms with E-state index in [0.717, 1.165) is 5.69 Å². The molecule has 0 spiro atoms. The van der Waals surface area contributed by atoms with Crippen LogP contribution in [0.5, 0.6) is 0 Å². The predicted octanol–water partition coefficient (Wildman–Crippen LogP) is 2.91. The highest BCUT2D eigenvalue weighted by atomic mass is 16.5. The van der Waals surface area contributed by atoms with E-state index in [0.29, 0.717) is 22.3 Å². The van der Waals surface area contributed by atoms with Crippen LogP contribution in [0.4, 0.5) is 5.69 Å². The molecule has 0 amide bonds. The molecule has 0 fully saturated rings. The van der Waals surface area contributed by atoms with Gasteiger partial charge in [-0.2, -0.15) is 0 Å². The van der Waals surface area contributed by atoms with Crippen LogP contribution in [0.1, 0.15) is 29.2 Å². The number of carbonyl (C=O) groups is 1. The highest BCUT2D eigenvalue weighted by molar-refractivity contribution is 5.90. The van der Waals surface area contributed by atoms with Gasteiger partial charge in [0, 0.05) is 19.8 Å². The van der Waals surface area contributed by atoms with Gasteiger partial charge in [-0.25, -0.2) is 9.78 Å². The molecule has 6 nitrogen and oxygen atoms in total. The summed E-state index contributed by atoms with van der Waals surface area (Å²) in [6.45, 7) is 1.68. The van der Waals surface area contributed by atoms with E-state index in [9.17, 15) is 9.59 Å². The fraction of sp³-hybridized carbons (Fsp3) is 0.211. The number of hydrogen-bond donors (Lipinski definition) is 1. The Kier molecular flexibility index (Phi) is 4.52. The Balaban J connectivity index is 1.80. The molecule has 3 aromatic rings. The smallest absolute Gasteiger partial charge is 0.338 e. The molecule has 0 bridgehead atoms. The van der Waals surface area contributed by atoms with Crippen molar-refractivity contribution in [1.82, 2.24) is 9.97 Å². The molecule has 1 aromatic heterocycles. The summed E-state index contributed by atoms with van der Waals surface area (Å²) in [5.41, 5.74) is 1.75. The number of aromatic nitrogens is 2. The zero-order valence-electron chi connectivity index (χ0n) is 14.3. The summed E-state index contributed by atoms with van der Waals surface area (Å²) in [4.78, 5) is 33.4. The predicted molar refractivity (Wildman–Crippen MR) is 97.0 cm³/mol. The van der Waals surface area contributed by atoms with Gasteiger partial charge in [0.15, 0.2) is 11.9 Å². The minimum atomic E-state index is -0.668. The van der Waals surface area contributed by atoms with Crippen LogP contribution in [0.2, 0.25) is 0 Å². The quantitative estimate of drug-likeness (QED) is 0.741. The summed E-state index contributed by atoms with van der Waals surface area (Å²) < 4.78 is 5.44. The Morgan fingerprint density at radius 1 is 1.12 bits per heavy atom. The van der Waals surface area contributed by atoms with Crippen LogP contribution >= 0.6 is 0 Å². The van der Waals surface area contributed by atoms with Crippen molar-refractivity contribution in [2.24, 2.45) is 0 Å². The number of H-pyrrole nitrogens is 1. The van der Waals surface area contributed by atoms with Gasteiger partial charge >= 0.3 is 5.97 Å². The molecule has 0 aliphatic heterocycles. The van der Waals surface area contributed by atoms with Crippen molar-refractivity contribution in [2.45, 2.75) is 13.0 Å².